The maximum absolute atomic E-state index is 11.3. The number of nitrogens with one attached hydrogen (secondary N) is 1. The molecule has 0 spiro atoms. The van der Waals surface area contributed by atoms with Crippen molar-refractivity contribution in [1.29, 1.82) is 0 Å². The molecule has 5 heteroatoms. The zero-order chi connectivity index (χ0) is 13.2. The van der Waals surface area contributed by atoms with Crippen molar-refractivity contribution < 1.29 is 8.42 Å². The second-order valence-corrected chi connectivity index (χ2v) is 7.34. The van der Waals surface area contributed by atoms with Crippen LogP contribution in [0.15, 0.2) is 18.3 Å². The first-order valence-corrected chi connectivity index (χ1v) is 8.39. The molecule has 1 heterocycles. The van der Waals surface area contributed by atoms with Crippen molar-refractivity contribution in [3.63, 3.8) is 0 Å². The average molecular weight is 268 g/mol. The summed E-state index contributed by atoms with van der Waals surface area (Å²) in [5, 5.41) is 3.39. The summed E-state index contributed by atoms with van der Waals surface area (Å²) < 4.78 is 22.5. The first-order valence-electron chi connectivity index (χ1n) is 6.33. The summed E-state index contributed by atoms with van der Waals surface area (Å²) in [5.74, 6) is 0.172. The molecule has 0 amide bonds. The predicted molar refractivity (Wildman–Crippen MR) is 72.2 cm³/mol. The Bertz CT molecular complexity index is 513. The fraction of sp³-hybridized carbons (Fsp3) is 0.615. The summed E-state index contributed by atoms with van der Waals surface area (Å²) in [6.07, 6.45) is 6.31. The Hall–Kier alpha value is -0.940. The van der Waals surface area contributed by atoms with Gasteiger partial charge >= 0.3 is 0 Å². The zero-order valence-corrected chi connectivity index (χ0v) is 11.7. The molecule has 0 aliphatic heterocycles. The van der Waals surface area contributed by atoms with Crippen LogP contribution in [-0.2, 0) is 16.3 Å². The van der Waals surface area contributed by atoms with Crippen LogP contribution in [0, 0.1) is 0 Å². The summed E-state index contributed by atoms with van der Waals surface area (Å²) in [6.45, 7) is 1.91. The van der Waals surface area contributed by atoms with Crippen LogP contribution in [0.25, 0.3) is 0 Å². The number of hydrogen-bond acceptors (Lipinski definition) is 4. The molecule has 1 aromatic heterocycles. The van der Waals surface area contributed by atoms with Crippen molar-refractivity contribution in [1.82, 2.24) is 10.3 Å². The van der Waals surface area contributed by atoms with Gasteiger partial charge in [-0.2, -0.15) is 0 Å². The van der Waals surface area contributed by atoms with E-state index in [0.29, 0.717) is 0 Å². The third-order valence-electron chi connectivity index (χ3n) is 3.23. The lowest BCUT2D eigenvalue weighted by Gasteiger charge is -2.27. The molecule has 100 valence electrons. The summed E-state index contributed by atoms with van der Waals surface area (Å²) in [4.78, 5) is 4.44. The van der Waals surface area contributed by atoms with Crippen LogP contribution in [0.3, 0.4) is 0 Å². The molecule has 0 aromatic carbocycles. The molecule has 0 radical (unpaired) electrons. The molecule has 2 unspecified atom stereocenters. The second-order valence-electron chi connectivity index (χ2n) is 5.15. The zero-order valence-electron chi connectivity index (χ0n) is 10.9. The minimum atomic E-state index is -2.93. The molecule has 1 aromatic rings. The van der Waals surface area contributed by atoms with Gasteiger partial charge in [0.25, 0.3) is 0 Å². The quantitative estimate of drug-likeness (QED) is 0.898. The molecule has 0 saturated heterocycles. The van der Waals surface area contributed by atoms with Crippen molar-refractivity contribution in [2.24, 2.45) is 0 Å². The summed E-state index contributed by atoms with van der Waals surface area (Å²) in [5.41, 5.74) is 2.37. The van der Waals surface area contributed by atoms with Crippen molar-refractivity contribution in [3.8, 4) is 0 Å². The summed E-state index contributed by atoms with van der Waals surface area (Å²) in [6, 6.07) is 4.21. The Labute approximate surface area is 109 Å². The number of aryl methyl sites for hydroxylation is 1. The van der Waals surface area contributed by atoms with Gasteiger partial charge in [0.2, 0.25) is 0 Å². The molecule has 1 N–H and O–H groups in total. The molecule has 18 heavy (non-hydrogen) atoms. The minimum Gasteiger partial charge on any atom is -0.305 e. The van der Waals surface area contributed by atoms with Crippen LogP contribution in [-0.4, -0.2) is 31.5 Å². The smallest absolute Gasteiger partial charge is 0.148 e. The van der Waals surface area contributed by atoms with E-state index in [0.717, 1.165) is 25.0 Å². The Morgan fingerprint density at radius 2 is 2.33 bits per heavy atom. The lowest BCUT2D eigenvalue weighted by molar-refractivity contribution is 0.413. The molecule has 0 saturated carbocycles. The van der Waals surface area contributed by atoms with Crippen molar-refractivity contribution in [3.05, 3.63) is 29.6 Å². The van der Waals surface area contributed by atoms with E-state index in [4.69, 9.17) is 0 Å². The maximum atomic E-state index is 11.3. The first kappa shape index (κ1) is 13.5. The van der Waals surface area contributed by atoms with Crippen LogP contribution in [0.2, 0.25) is 0 Å². The number of hydrogen-bond donors (Lipinski definition) is 1. The van der Waals surface area contributed by atoms with Crippen molar-refractivity contribution in [2.75, 3.05) is 12.0 Å². The van der Waals surface area contributed by atoms with Crippen LogP contribution in [0.1, 0.15) is 37.1 Å². The number of fused-ring (bicyclic) bond motifs is 1. The molecule has 1 aliphatic rings. The van der Waals surface area contributed by atoms with E-state index in [1.165, 1.54) is 11.8 Å². The van der Waals surface area contributed by atoms with Crippen LogP contribution in [0.5, 0.6) is 0 Å². The Kier molecular flexibility index (Phi) is 4.02. The minimum absolute atomic E-state index is 0.0436. The van der Waals surface area contributed by atoms with Gasteiger partial charge in [0.05, 0.1) is 11.4 Å². The first-order chi connectivity index (χ1) is 8.46. The van der Waals surface area contributed by atoms with Crippen molar-refractivity contribution >= 4 is 9.84 Å². The van der Waals surface area contributed by atoms with Crippen LogP contribution in [0.4, 0.5) is 0 Å². The van der Waals surface area contributed by atoms with Gasteiger partial charge in [0, 0.05) is 24.5 Å². The van der Waals surface area contributed by atoms with Gasteiger partial charge in [-0.15, -0.1) is 0 Å². The van der Waals surface area contributed by atoms with Gasteiger partial charge in [0.15, 0.2) is 0 Å². The number of rotatable bonds is 4. The third kappa shape index (κ3) is 3.53. The van der Waals surface area contributed by atoms with Crippen molar-refractivity contribution in [2.45, 2.75) is 38.3 Å². The highest BCUT2D eigenvalue weighted by Crippen LogP contribution is 2.27. The molecule has 0 fully saturated rings. The van der Waals surface area contributed by atoms with Gasteiger partial charge < -0.3 is 5.32 Å². The molecular formula is C13H20N2O2S. The number of nitrogens with zero attached hydrogens (tertiary/aromatic N) is 1. The van der Waals surface area contributed by atoms with Crippen LogP contribution < -0.4 is 5.32 Å². The Morgan fingerprint density at radius 1 is 1.56 bits per heavy atom. The largest absolute Gasteiger partial charge is 0.305 e. The monoisotopic (exact) mass is 268 g/mol. The second kappa shape index (κ2) is 5.36. The van der Waals surface area contributed by atoms with E-state index in [1.807, 2.05) is 13.0 Å². The molecule has 4 nitrogen and oxygen atoms in total. The highest BCUT2D eigenvalue weighted by Gasteiger charge is 2.23. The molecule has 0 bridgehead atoms. The maximum Gasteiger partial charge on any atom is 0.148 e. The lowest BCUT2D eigenvalue weighted by Crippen LogP contribution is -2.37. The normalized spacial score (nSPS) is 21.3. The van der Waals surface area contributed by atoms with Gasteiger partial charge in [0.1, 0.15) is 9.84 Å². The Morgan fingerprint density at radius 3 is 3.06 bits per heavy atom. The standard InChI is InChI=1S/C13H20N2O2S/c1-10(9-18(2,16)17)15-12-7-3-5-11-6-4-8-14-13(11)12/h4,6,8,10,12,15H,3,5,7,9H2,1-2H3. The number of pyridine rings is 1. The van der Waals surface area contributed by atoms with E-state index in [2.05, 4.69) is 16.4 Å². The van der Waals surface area contributed by atoms with Gasteiger partial charge in [-0.05, 0) is 37.8 Å². The highest BCUT2D eigenvalue weighted by atomic mass is 32.2. The molecule has 1 aliphatic carbocycles. The van der Waals surface area contributed by atoms with Gasteiger partial charge in [-0.25, -0.2) is 8.42 Å². The van der Waals surface area contributed by atoms with E-state index in [1.54, 1.807) is 6.20 Å². The molecular weight excluding hydrogens is 248 g/mol. The number of aromatic nitrogens is 1. The fourth-order valence-electron chi connectivity index (χ4n) is 2.62. The van der Waals surface area contributed by atoms with E-state index in [9.17, 15) is 8.42 Å². The number of sulfone groups is 1. The molecule has 2 rings (SSSR count). The van der Waals surface area contributed by atoms with E-state index < -0.39 is 9.84 Å². The topological polar surface area (TPSA) is 59.1 Å². The van der Waals surface area contributed by atoms with E-state index >= 15 is 0 Å². The lowest BCUT2D eigenvalue weighted by atomic mass is 9.91. The van der Waals surface area contributed by atoms with Gasteiger partial charge in [-0.1, -0.05) is 6.07 Å². The van der Waals surface area contributed by atoms with E-state index in [-0.39, 0.29) is 17.8 Å². The fourth-order valence-corrected chi connectivity index (χ4v) is 3.62. The predicted octanol–water partition coefficient (Wildman–Crippen LogP) is 1.48. The average Bonchev–Trinajstić information content (AvgIpc) is 2.27. The Balaban J connectivity index is 2.07. The highest BCUT2D eigenvalue weighted by molar-refractivity contribution is 7.90. The summed E-state index contributed by atoms with van der Waals surface area (Å²) in [7, 11) is -2.93. The molecule has 2 atom stereocenters. The third-order valence-corrected chi connectivity index (χ3v) is 4.34. The SMILES string of the molecule is CC(CS(C)(=O)=O)NC1CCCc2cccnc21. The van der Waals surface area contributed by atoms with Gasteiger partial charge in [-0.3, -0.25) is 4.98 Å². The summed E-state index contributed by atoms with van der Waals surface area (Å²) >= 11 is 0. The van der Waals surface area contributed by atoms with Crippen LogP contribution >= 0.6 is 0 Å².